The number of hydrogen-bond acceptors (Lipinski definition) is 2. The van der Waals surface area contributed by atoms with Gasteiger partial charge in [-0.15, -0.1) is 0 Å². The Kier molecular flexibility index (Phi) is 11.6. The van der Waals surface area contributed by atoms with Crippen LogP contribution in [0.1, 0.15) is 11.1 Å². The van der Waals surface area contributed by atoms with E-state index in [1.165, 1.54) is 76.5 Å². The molecule has 0 unspecified atom stereocenters. The van der Waals surface area contributed by atoms with Crippen molar-refractivity contribution in [1.29, 1.82) is 0 Å². The molecule has 0 heterocycles. The van der Waals surface area contributed by atoms with Crippen molar-refractivity contribution >= 4 is 89.4 Å². The van der Waals surface area contributed by atoms with E-state index in [0.717, 1.165) is 45.3 Å². The van der Waals surface area contributed by atoms with Crippen LogP contribution in [-0.2, 0) is 0 Å². The Balaban J connectivity index is 0.686. The first-order valence-corrected chi connectivity index (χ1v) is 25.4. The van der Waals surface area contributed by atoms with Gasteiger partial charge in [-0.1, -0.05) is 231 Å². The van der Waals surface area contributed by atoms with Crippen molar-refractivity contribution in [2.24, 2.45) is 0 Å². The fourth-order valence-electron chi connectivity index (χ4n) is 10.4. The summed E-state index contributed by atoms with van der Waals surface area (Å²) >= 11 is 0. The van der Waals surface area contributed by atoms with Crippen molar-refractivity contribution < 1.29 is 0 Å². The van der Waals surface area contributed by atoms with Gasteiger partial charge in [-0.2, -0.15) is 0 Å². The first-order valence-electron chi connectivity index (χ1n) is 25.4. The number of anilines is 6. The molecule has 0 spiro atoms. The van der Waals surface area contributed by atoms with Crippen LogP contribution >= 0.6 is 0 Å². The van der Waals surface area contributed by atoms with Gasteiger partial charge in [0, 0.05) is 34.1 Å². The number of benzene rings is 13. The van der Waals surface area contributed by atoms with Crippen LogP contribution in [0.3, 0.4) is 0 Å². The molecule has 2 heteroatoms. The van der Waals surface area contributed by atoms with Gasteiger partial charge in [0.05, 0.1) is 0 Å². The third-order valence-electron chi connectivity index (χ3n) is 14.4. The molecule has 0 fully saturated rings. The summed E-state index contributed by atoms with van der Waals surface area (Å²) in [6.07, 6.45) is 4.38. The standard InChI is InChI=1S/C72H50N2/c1-5-13-63-47-69(43-35-53(63)9-1)73(70-44-36-54-10-2-6-14-64(54)48-70)67-39-31-61(32-40-67)58-25-21-52(22-26-58)18-17-51-19-23-57(24-20-51)59-27-29-60(30-28-59)62-33-41-68(42-34-62)74(71-45-37-55-11-3-7-15-65(55)49-71)72-46-38-56-12-4-8-16-66(56)50-72/h1-50H/b18-17+. The van der Waals surface area contributed by atoms with Crippen LogP contribution in [0.4, 0.5) is 34.1 Å². The van der Waals surface area contributed by atoms with Crippen LogP contribution in [0.2, 0.25) is 0 Å². The van der Waals surface area contributed by atoms with Crippen molar-refractivity contribution in [2.45, 2.75) is 0 Å². The molecular weight excluding hydrogens is 893 g/mol. The third-order valence-corrected chi connectivity index (χ3v) is 14.4. The normalized spacial score (nSPS) is 11.5. The van der Waals surface area contributed by atoms with Crippen molar-refractivity contribution in [2.75, 3.05) is 9.80 Å². The van der Waals surface area contributed by atoms with E-state index in [0.29, 0.717) is 0 Å². The summed E-state index contributed by atoms with van der Waals surface area (Å²) in [5, 5.41) is 9.82. The van der Waals surface area contributed by atoms with Crippen LogP contribution < -0.4 is 9.80 Å². The lowest BCUT2D eigenvalue weighted by molar-refractivity contribution is 1.29. The van der Waals surface area contributed by atoms with Crippen LogP contribution in [-0.4, -0.2) is 0 Å². The van der Waals surface area contributed by atoms with E-state index in [-0.39, 0.29) is 0 Å². The SMILES string of the molecule is C(=C\c1ccc(-c2ccc(N(c3ccc4ccccc4c3)c3ccc4ccccc4c3)cc2)cc1)/c1ccc(-c2ccc(-c3ccc(N(c4ccc5ccccc5c4)c4ccc5ccccc5c4)cc3)cc2)cc1. The molecule has 0 atom stereocenters. The molecule has 0 radical (unpaired) electrons. The Morgan fingerprint density at radius 2 is 0.378 bits per heavy atom. The molecule has 2 nitrogen and oxygen atoms in total. The van der Waals surface area contributed by atoms with E-state index >= 15 is 0 Å². The quantitative estimate of drug-likeness (QED) is 0.119. The molecule has 0 amide bonds. The van der Waals surface area contributed by atoms with Crippen LogP contribution in [0.5, 0.6) is 0 Å². The van der Waals surface area contributed by atoms with Gasteiger partial charge in [0.2, 0.25) is 0 Å². The van der Waals surface area contributed by atoms with Gasteiger partial charge >= 0.3 is 0 Å². The molecule has 0 aliphatic carbocycles. The summed E-state index contributed by atoms with van der Waals surface area (Å²) < 4.78 is 0. The smallest absolute Gasteiger partial charge is 0.0468 e. The number of rotatable bonds is 11. The van der Waals surface area contributed by atoms with Crippen LogP contribution in [0.15, 0.2) is 291 Å². The minimum atomic E-state index is 1.11. The Labute approximate surface area is 432 Å². The average molecular weight is 943 g/mol. The van der Waals surface area contributed by atoms with Crippen LogP contribution in [0, 0.1) is 0 Å². The molecule has 0 bridgehead atoms. The second-order valence-electron chi connectivity index (χ2n) is 19.0. The predicted octanol–water partition coefficient (Wildman–Crippen LogP) is 20.4. The number of hydrogen-bond donors (Lipinski definition) is 0. The maximum Gasteiger partial charge on any atom is 0.0468 e. The van der Waals surface area contributed by atoms with E-state index in [1.54, 1.807) is 0 Å². The van der Waals surface area contributed by atoms with Crippen molar-refractivity contribution in [3.05, 3.63) is 302 Å². The highest BCUT2D eigenvalue weighted by molar-refractivity contribution is 5.95. The summed E-state index contributed by atoms with van der Waals surface area (Å²) in [5.41, 5.74) is 16.2. The molecule has 0 saturated carbocycles. The molecule has 13 rings (SSSR count). The minimum absolute atomic E-state index is 1.11. The lowest BCUT2D eigenvalue weighted by atomic mass is 9.99. The highest BCUT2D eigenvalue weighted by atomic mass is 15.1. The maximum atomic E-state index is 2.36. The monoisotopic (exact) mass is 942 g/mol. The second kappa shape index (κ2) is 19.4. The van der Waals surface area contributed by atoms with Gasteiger partial charge in [-0.05, 0) is 160 Å². The van der Waals surface area contributed by atoms with Gasteiger partial charge in [0.15, 0.2) is 0 Å². The zero-order valence-electron chi connectivity index (χ0n) is 40.8. The molecule has 0 aliphatic heterocycles. The van der Waals surface area contributed by atoms with Crippen molar-refractivity contribution in [3.8, 4) is 33.4 Å². The number of nitrogens with zero attached hydrogens (tertiary/aromatic N) is 2. The molecule has 0 aromatic heterocycles. The summed E-state index contributed by atoms with van der Waals surface area (Å²) in [7, 11) is 0. The lowest BCUT2D eigenvalue weighted by Gasteiger charge is -2.26. The molecule has 13 aromatic carbocycles. The molecule has 0 saturated heterocycles. The summed E-state index contributed by atoms with van der Waals surface area (Å²) in [5.74, 6) is 0. The maximum absolute atomic E-state index is 2.36. The van der Waals surface area contributed by atoms with E-state index in [4.69, 9.17) is 0 Å². The number of fused-ring (bicyclic) bond motifs is 4. The van der Waals surface area contributed by atoms with Gasteiger partial charge in [0.1, 0.15) is 0 Å². The predicted molar refractivity (Wildman–Crippen MR) is 318 cm³/mol. The molecule has 13 aromatic rings. The first-order chi connectivity index (χ1) is 36.6. The average Bonchev–Trinajstić information content (AvgIpc) is 3.47. The molecule has 0 aliphatic rings. The molecule has 0 N–H and O–H groups in total. The van der Waals surface area contributed by atoms with E-state index in [9.17, 15) is 0 Å². The minimum Gasteiger partial charge on any atom is -0.310 e. The lowest BCUT2D eigenvalue weighted by Crippen LogP contribution is -2.09. The third kappa shape index (κ3) is 8.98. The van der Waals surface area contributed by atoms with Crippen molar-refractivity contribution in [1.82, 2.24) is 0 Å². The zero-order valence-corrected chi connectivity index (χ0v) is 40.8. The summed E-state index contributed by atoms with van der Waals surface area (Å²) in [6.45, 7) is 0. The van der Waals surface area contributed by atoms with Gasteiger partial charge < -0.3 is 9.80 Å². The summed E-state index contributed by atoms with van der Waals surface area (Å²) in [6, 6.07) is 106. The Hall–Kier alpha value is -9.76. The summed E-state index contributed by atoms with van der Waals surface area (Å²) in [4.78, 5) is 4.71. The zero-order chi connectivity index (χ0) is 49.2. The topological polar surface area (TPSA) is 6.48 Å². The Morgan fingerprint density at radius 1 is 0.176 bits per heavy atom. The highest BCUT2D eigenvalue weighted by Gasteiger charge is 2.16. The largest absolute Gasteiger partial charge is 0.310 e. The van der Waals surface area contributed by atoms with E-state index in [1.807, 2.05) is 0 Å². The van der Waals surface area contributed by atoms with Crippen LogP contribution in [0.25, 0.3) is 88.6 Å². The molecular formula is C72H50N2. The first kappa shape index (κ1) is 44.2. The Morgan fingerprint density at radius 3 is 0.635 bits per heavy atom. The van der Waals surface area contributed by atoms with Gasteiger partial charge in [-0.3, -0.25) is 0 Å². The fourth-order valence-corrected chi connectivity index (χ4v) is 10.4. The van der Waals surface area contributed by atoms with Gasteiger partial charge in [-0.25, -0.2) is 0 Å². The fraction of sp³-hybridized carbons (Fsp3) is 0. The van der Waals surface area contributed by atoms with Gasteiger partial charge in [0.25, 0.3) is 0 Å². The molecule has 74 heavy (non-hydrogen) atoms. The molecule has 348 valence electrons. The van der Waals surface area contributed by atoms with Crippen molar-refractivity contribution in [3.63, 3.8) is 0 Å². The Bertz CT molecular complexity index is 4000. The highest BCUT2D eigenvalue weighted by Crippen LogP contribution is 2.41. The van der Waals surface area contributed by atoms with E-state index < -0.39 is 0 Å². The van der Waals surface area contributed by atoms with E-state index in [2.05, 4.69) is 313 Å². The second-order valence-corrected chi connectivity index (χ2v) is 19.0.